The molecule has 1 aromatic heterocycles. The van der Waals surface area contributed by atoms with Crippen LogP contribution in [0.4, 0.5) is 0 Å². The summed E-state index contributed by atoms with van der Waals surface area (Å²) in [6.07, 6.45) is 1.84. The number of rotatable bonds is 3. The number of aromatic amines is 1. The van der Waals surface area contributed by atoms with Crippen molar-refractivity contribution in [2.75, 3.05) is 33.3 Å². The zero-order valence-electron chi connectivity index (χ0n) is 9.40. The fourth-order valence-corrected chi connectivity index (χ4v) is 1.79. The van der Waals surface area contributed by atoms with Gasteiger partial charge in [0.05, 0.1) is 12.7 Å². The summed E-state index contributed by atoms with van der Waals surface area (Å²) in [6, 6.07) is 3.60. The van der Waals surface area contributed by atoms with Gasteiger partial charge in [-0.1, -0.05) is 0 Å². The Balaban J connectivity index is 1.87. The summed E-state index contributed by atoms with van der Waals surface area (Å²) < 4.78 is 5.55. The average molecular weight is 223 g/mol. The number of ether oxygens (including phenoxy) is 1. The van der Waals surface area contributed by atoms with E-state index in [0.717, 1.165) is 19.7 Å². The Morgan fingerprint density at radius 2 is 2.56 bits per heavy atom. The first-order valence-electron chi connectivity index (χ1n) is 5.48. The molecule has 1 amide bonds. The highest BCUT2D eigenvalue weighted by atomic mass is 16.5. The van der Waals surface area contributed by atoms with Gasteiger partial charge < -0.3 is 19.9 Å². The lowest BCUT2D eigenvalue weighted by atomic mass is 10.2. The van der Waals surface area contributed by atoms with Gasteiger partial charge in [-0.2, -0.15) is 0 Å². The standard InChI is InChI=1S/C11H17N3O2/c1-14(8-9-7-12-5-6-16-9)11(15)10-3-2-4-13-10/h2-4,9,12-13H,5-8H2,1H3. The van der Waals surface area contributed by atoms with Crippen LogP contribution in [0.3, 0.4) is 0 Å². The fourth-order valence-electron chi connectivity index (χ4n) is 1.79. The number of morpholine rings is 1. The molecule has 1 unspecified atom stereocenters. The van der Waals surface area contributed by atoms with Crippen molar-refractivity contribution < 1.29 is 9.53 Å². The maximum absolute atomic E-state index is 11.9. The van der Waals surface area contributed by atoms with Gasteiger partial charge >= 0.3 is 0 Å². The number of carbonyl (C=O) groups excluding carboxylic acids is 1. The SMILES string of the molecule is CN(CC1CNCCO1)C(=O)c1ccc[nH]1. The topological polar surface area (TPSA) is 57.4 Å². The second-order valence-electron chi connectivity index (χ2n) is 3.97. The molecule has 1 aromatic rings. The summed E-state index contributed by atoms with van der Waals surface area (Å²) in [5.74, 6) is -0.000765. The van der Waals surface area contributed by atoms with Gasteiger partial charge in [0.1, 0.15) is 5.69 Å². The number of H-pyrrole nitrogens is 1. The Hall–Kier alpha value is -1.33. The van der Waals surface area contributed by atoms with Crippen LogP contribution in [0.25, 0.3) is 0 Å². The maximum Gasteiger partial charge on any atom is 0.270 e. The van der Waals surface area contributed by atoms with E-state index < -0.39 is 0 Å². The Labute approximate surface area is 94.8 Å². The largest absolute Gasteiger partial charge is 0.374 e. The van der Waals surface area contributed by atoms with Crippen LogP contribution in [-0.4, -0.2) is 55.2 Å². The van der Waals surface area contributed by atoms with Crippen LogP contribution in [-0.2, 0) is 4.74 Å². The molecule has 1 atom stereocenters. The van der Waals surface area contributed by atoms with Gasteiger partial charge in [0.15, 0.2) is 0 Å². The molecule has 1 fully saturated rings. The molecule has 5 heteroatoms. The van der Waals surface area contributed by atoms with Crippen molar-refractivity contribution in [2.24, 2.45) is 0 Å². The highest BCUT2D eigenvalue weighted by Crippen LogP contribution is 2.03. The van der Waals surface area contributed by atoms with Crippen LogP contribution >= 0.6 is 0 Å². The van der Waals surface area contributed by atoms with Crippen molar-refractivity contribution in [3.8, 4) is 0 Å². The van der Waals surface area contributed by atoms with Gasteiger partial charge in [-0.05, 0) is 12.1 Å². The lowest BCUT2D eigenvalue weighted by Crippen LogP contribution is -2.45. The third-order valence-corrected chi connectivity index (χ3v) is 2.66. The summed E-state index contributed by atoms with van der Waals surface area (Å²) in [6.45, 7) is 3.03. The van der Waals surface area contributed by atoms with E-state index in [2.05, 4.69) is 10.3 Å². The van der Waals surface area contributed by atoms with Gasteiger partial charge in [-0.3, -0.25) is 4.79 Å². The van der Waals surface area contributed by atoms with Crippen LogP contribution in [0.15, 0.2) is 18.3 Å². The van der Waals surface area contributed by atoms with E-state index in [9.17, 15) is 4.79 Å². The molecule has 1 aliphatic heterocycles. The van der Waals surface area contributed by atoms with Crippen LogP contribution in [0.1, 0.15) is 10.5 Å². The number of nitrogens with zero attached hydrogens (tertiary/aromatic N) is 1. The van der Waals surface area contributed by atoms with Crippen molar-refractivity contribution in [2.45, 2.75) is 6.10 Å². The Morgan fingerprint density at radius 3 is 3.19 bits per heavy atom. The molecule has 1 saturated heterocycles. The van der Waals surface area contributed by atoms with Gasteiger partial charge in [0, 0.05) is 32.9 Å². The Morgan fingerprint density at radius 1 is 1.69 bits per heavy atom. The summed E-state index contributed by atoms with van der Waals surface area (Å²) in [5, 5.41) is 3.24. The van der Waals surface area contributed by atoms with Crippen molar-refractivity contribution in [1.82, 2.24) is 15.2 Å². The lowest BCUT2D eigenvalue weighted by Gasteiger charge is -2.27. The van der Waals surface area contributed by atoms with Crippen LogP contribution in [0.2, 0.25) is 0 Å². The Bertz CT molecular complexity index is 331. The summed E-state index contributed by atoms with van der Waals surface area (Å²) in [7, 11) is 1.79. The summed E-state index contributed by atoms with van der Waals surface area (Å²) in [5.41, 5.74) is 0.617. The van der Waals surface area contributed by atoms with Crippen LogP contribution in [0, 0.1) is 0 Å². The second-order valence-corrected chi connectivity index (χ2v) is 3.97. The first-order chi connectivity index (χ1) is 7.77. The van der Waals surface area contributed by atoms with Crippen molar-refractivity contribution in [1.29, 1.82) is 0 Å². The highest BCUT2D eigenvalue weighted by molar-refractivity contribution is 5.92. The molecule has 5 nitrogen and oxygen atoms in total. The zero-order chi connectivity index (χ0) is 11.4. The van der Waals surface area contributed by atoms with Gasteiger partial charge in [0.25, 0.3) is 5.91 Å². The summed E-state index contributed by atoms with van der Waals surface area (Å²) >= 11 is 0. The molecule has 1 aliphatic rings. The third kappa shape index (κ3) is 2.62. The normalized spacial score (nSPS) is 20.7. The number of hydrogen-bond acceptors (Lipinski definition) is 3. The lowest BCUT2D eigenvalue weighted by molar-refractivity contribution is 0.0103. The van der Waals surface area contributed by atoms with Crippen LogP contribution < -0.4 is 5.32 Å². The first-order valence-corrected chi connectivity index (χ1v) is 5.48. The number of hydrogen-bond donors (Lipinski definition) is 2. The minimum atomic E-state index is -0.000765. The maximum atomic E-state index is 11.9. The monoisotopic (exact) mass is 223 g/mol. The van der Waals surface area contributed by atoms with Gasteiger partial charge in [0.2, 0.25) is 0 Å². The molecule has 0 saturated carbocycles. The molecule has 2 heterocycles. The smallest absolute Gasteiger partial charge is 0.270 e. The number of nitrogens with one attached hydrogen (secondary N) is 2. The molecule has 16 heavy (non-hydrogen) atoms. The molecule has 2 rings (SSSR count). The quantitative estimate of drug-likeness (QED) is 0.762. The van der Waals surface area contributed by atoms with E-state index in [-0.39, 0.29) is 12.0 Å². The van der Waals surface area contributed by atoms with Crippen molar-refractivity contribution in [3.63, 3.8) is 0 Å². The van der Waals surface area contributed by atoms with E-state index in [1.54, 1.807) is 24.2 Å². The van der Waals surface area contributed by atoms with E-state index >= 15 is 0 Å². The van der Waals surface area contributed by atoms with Crippen molar-refractivity contribution in [3.05, 3.63) is 24.0 Å². The third-order valence-electron chi connectivity index (χ3n) is 2.66. The predicted molar refractivity (Wildman–Crippen MR) is 60.4 cm³/mol. The van der Waals surface area contributed by atoms with Gasteiger partial charge in [-0.15, -0.1) is 0 Å². The predicted octanol–water partition coefficient (Wildman–Crippen LogP) is 0.0751. The van der Waals surface area contributed by atoms with E-state index in [4.69, 9.17) is 4.74 Å². The summed E-state index contributed by atoms with van der Waals surface area (Å²) in [4.78, 5) is 16.5. The van der Waals surface area contributed by atoms with E-state index in [1.165, 1.54) is 0 Å². The van der Waals surface area contributed by atoms with E-state index in [0.29, 0.717) is 12.2 Å². The number of carbonyl (C=O) groups is 1. The molecule has 0 aromatic carbocycles. The van der Waals surface area contributed by atoms with Crippen LogP contribution in [0.5, 0.6) is 0 Å². The second kappa shape index (κ2) is 5.14. The first kappa shape index (κ1) is 11.2. The average Bonchev–Trinajstić information content (AvgIpc) is 2.83. The zero-order valence-corrected chi connectivity index (χ0v) is 9.40. The number of aromatic nitrogens is 1. The molecule has 0 radical (unpaired) electrons. The van der Waals surface area contributed by atoms with E-state index in [1.807, 2.05) is 6.07 Å². The minimum absolute atomic E-state index is 0.000765. The van der Waals surface area contributed by atoms with Crippen molar-refractivity contribution >= 4 is 5.91 Å². The molecule has 0 spiro atoms. The minimum Gasteiger partial charge on any atom is -0.374 e. The molecule has 2 N–H and O–H groups in total. The number of amides is 1. The Kier molecular flexibility index (Phi) is 3.58. The fraction of sp³-hybridized carbons (Fsp3) is 0.545. The number of likely N-dealkylation sites (N-methyl/N-ethyl adjacent to an activating group) is 1. The van der Waals surface area contributed by atoms with Gasteiger partial charge in [-0.25, -0.2) is 0 Å². The molecular formula is C11H17N3O2. The molecular weight excluding hydrogens is 206 g/mol. The molecule has 0 bridgehead atoms. The molecule has 88 valence electrons. The highest BCUT2D eigenvalue weighted by Gasteiger charge is 2.19. The molecule has 0 aliphatic carbocycles.